The normalized spacial score (nSPS) is 10.2. The van der Waals surface area contributed by atoms with Crippen molar-refractivity contribution < 1.29 is 14.3 Å². The van der Waals surface area contributed by atoms with Crippen molar-refractivity contribution in [2.75, 3.05) is 13.7 Å². The molecule has 0 fully saturated rings. The van der Waals surface area contributed by atoms with Crippen LogP contribution in [0.2, 0.25) is 10.0 Å². The van der Waals surface area contributed by atoms with Crippen LogP contribution in [0, 0.1) is 0 Å². The molecule has 0 spiro atoms. The first-order valence-electron chi connectivity index (χ1n) is 6.85. The molecule has 0 aliphatic rings. The topological polar surface area (TPSA) is 46.6 Å². The summed E-state index contributed by atoms with van der Waals surface area (Å²) < 4.78 is 4.67. The van der Waals surface area contributed by atoms with Gasteiger partial charge in [0.15, 0.2) is 0 Å². The summed E-state index contributed by atoms with van der Waals surface area (Å²) in [6.45, 7) is 0.113. The molecular weight excluding hydrogens is 337 g/mol. The van der Waals surface area contributed by atoms with E-state index in [9.17, 15) is 9.59 Å². The zero-order valence-electron chi connectivity index (χ0n) is 12.5. The van der Waals surface area contributed by atoms with Gasteiger partial charge >= 0.3 is 5.97 Å². The maximum atomic E-state index is 12.7. The molecule has 4 nitrogen and oxygen atoms in total. The van der Waals surface area contributed by atoms with Gasteiger partial charge in [-0.15, -0.1) is 0 Å². The molecule has 0 aliphatic carbocycles. The van der Waals surface area contributed by atoms with Gasteiger partial charge in [-0.05, 0) is 35.9 Å². The Morgan fingerprint density at radius 3 is 2.35 bits per heavy atom. The molecule has 2 aromatic rings. The molecule has 0 heterocycles. The number of carbonyl (C=O) groups is 2. The van der Waals surface area contributed by atoms with Crippen LogP contribution >= 0.6 is 23.2 Å². The lowest BCUT2D eigenvalue weighted by molar-refractivity contribution is -0.141. The minimum absolute atomic E-state index is 0.148. The maximum Gasteiger partial charge on any atom is 0.325 e. The fourth-order valence-electron chi connectivity index (χ4n) is 2.03. The van der Waals surface area contributed by atoms with Crippen LogP contribution in [0.15, 0.2) is 48.5 Å². The van der Waals surface area contributed by atoms with Crippen LogP contribution in [0.4, 0.5) is 0 Å². The highest BCUT2D eigenvalue weighted by atomic mass is 35.5. The Bertz CT molecular complexity index is 701. The molecule has 0 radical (unpaired) electrons. The summed E-state index contributed by atoms with van der Waals surface area (Å²) in [5.74, 6) is -0.790. The number of carbonyl (C=O) groups excluding carboxylic acids is 2. The van der Waals surface area contributed by atoms with Crippen molar-refractivity contribution in [3.05, 3.63) is 69.7 Å². The number of methoxy groups -OCH3 is 1. The monoisotopic (exact) mass is 351 g/mol. The van der Waals surface area contributed by atoms with Crippen molar-refractivity contribution in [3.63, 3.8) is 0 Å². The maximum absolute atomic E-state index is 12.7. The Hall–Kier alpha value is -2.04. The standard InChI is InChI=1S/C17H15Cl2NO3/c1-23-16(21)11-20(10-12-5-7-14(18)8-6-12)17(22)13-3-2-4-15(19)9-13/h2-9H,10-11H2,1H3. The SMILES string of the molecule is COC(=O)CN(Cc1ccc(Cl)cc1)C(=O)c1cccc(Cl)c1. The van der Waals surface area contributed by atoms with E-state index >= 15 is 0 Å². The largest absolute Gasteiger partial charge is 0.468 e. The predicted octanol–water partition coefficient (Wildman–Crippen LogP) is 3.81. The van der Waals surface area contributed by atoms with Crippen LogP contribution in [0.1, 0.15) is 15.9 Å². The lowest BCUT2D eigenvalue weighted by Gasteiger charge is -2.22. The minimum atomic E-state index is -0.491. The number of amides is 1. The first kappa shape index (κ1) is 17.3. The van der Waals surface area contributed by atoms with Crippen LogP contribution in [0.5, 0.6) is 0 Å². The zero-order chi connectivity index (χ0) is 16.8. The average molecular weight is 352 g/mol. The molecule has 0 unspecified atom stereocenters. The average Bonchev–Trinajstić information content (AvgIpc) is 2.55. The number of ether oxygens (including phenoxy) is 1. The lowest BCUT2D eigenvalue weighted by Crippen LogP contribution is -2.35. The van der Waals surface area contributed by atoms with Gasteiger partial charge in [0.1, 0.15) is 6.54 Å². The molecule has 0 aliphatic heterocycles. The van der Waals surface area contributed by atoms with Gasteiger partial charge in [-0.2, -0.15) is 0 Å². The molecule has 2 aromatic carbocycles. The van der Waals surface area contributed by atoms with E-state index in [1.807, 2.05) is 0 Å². The van der Waals surface area contributed by atoms with Gasteiger partial charge in [-0.3, -0.25) is 9.59 Å². The summed E-state index contributed by atoms with van der Waals surface area (Å²) in [6.07, 6.45) is 0. The molecule has 23 heavy (non-hydrogen) atoms. The fraction of sp³-hybridized carbons (Fsp3) is 0.176. The number of rotatable bonds is 5. The second-order valence-electron chi connectivity index (χ2n) is 4.87. The van der Waals surface area contributed by atoms with E-state index < -0.39 is 5.97 Å². The molecule has 0 saturated heterocycles. The van der Waals surface area contributed by atoms with Gasteiger partial charge in [-0.25, -0.2) is 0 Å². The highest BCUT2D eigenvalue weighted by molar-refractivity contribution is 6.31. The molecule has 2 rings (SSSR count). The summed E-state index contributed by atoms with van der Waals surface area (Å²) >= 11 is 11.8. The van der Waals surface area contributed by atoms with E-state index in [2.05, 4.69) is 4.74 Å². The summed E-state index contributed by atoms with van der Waals surface area (Å²) in [4.78, 5) is 25.7. The zero-order valence-corrected chi connectivity index (χ0v) is 14.0. The van der Waals surface area contributed by atoms with Gasteiger partial charge in [0.2, 0.25) is 0 Å². The van der Waals surface area contributed by atoms with Gasteiger partial charge in [0.05, 0.1) is 7.11 Å². The Morgan fingerprint density at radius 1 is 1.04 bits per heavy atom. The van der Waals surface area contributed by atoms with E-state index in [0.717, 1.165) is 5.56 Å². The number of nitrogens with zero attached hydrogens (tertiary/aromatic N) is 1. The molecule has 120 valence electrons. The van der Waals surface area contributed by atoms with Gasteiger partial charge in [0, 0.05) is 22.2 Å². The molecule has 1 amide bonds. The molecule has 0 bridgehead atoms. The van der Waals surface area contributed by atoms with E-state index in [1.165, 1.54) is 12.0 Å². The van der Waals surface area contributed by atoms with E-state index in [-0.39, 0.29) is 19.0 Å². The number of hydrogen-bond acceptors (Lipinski definition) is 3. The Labute approximate surface area is 144 Å². The van der Waals surface area contributed by atoms with Gasteiger partial charge < -0.3 is 9.64 Å². The van der Waals surface area contributed by atoms with E-state index in [4.69, 9.17) is 23.2 Å². The molecule has 0 saturated carbocycles. The number of esters is 1. The summed E-state index contributed by atoms with van der Waals surface area (Å²) in [6, 6.07) is 13.7. The number of hydrogen-bond donors (Lipinski definition) is 0. The third-order valence-corrected chi connectivity index (χ3v) is 3.68. The third kappa shape index (κ3) is 4.98. The Kier molecular flexibility index (Phi) is 6.02. The quantitative estimate of drug-likeness (QED) is 0.769. The third-order valence-electron chi connectivity index (χ3n) is 3.19. The first-order valence-corrected chi connectivity index (χ1v) is 7.61. The van der Waals surface area contributed by atoms with Gasteiger partial charge in [-0.1, -0.05) is 41.4 Å². The number of halogens is 2. The van der Waals surface area contributed by atoms with Gasteiger partial charge in [0.25, 0.3) is 5.91 Å². The summed E-state index contributed by atoms with van der Waals surface area (Å²) in [5, 5.41) is 1.06. The molecule has 6 heteroatoms. The number of benzene rings is 2. The van der Waals surface area contributed by atoms with E-state index in [0.29, 0.717) is 15.6 Å². The smallest absolute Gasteiger partial charge is 0.325 e. The van der Waals surface area contributed by atoms with Crippen molar-refractivity contribution in [1.29, 1.82) is 0 Å². The van der Waals surface area contributed by atoms with Crippen LogP contribution < -0.4 is 0 Å². The predicted molar refractivity (Wildman–Crippen MR) is 89.7 cm³/mol. The van der Waals surface area contributed by atoms with Crippen LogP contribution in [0.3, 0.4) is 0 Å². The lowest BCUT2D eigenvalue weighted by atomic mass is 10.1. The van der Waals surface area contributed by atoms with Crippen molar-refractivity contribution in [1.82, 2.24) is 4.90 Å². The van der Waals surface area contributed by atoms with Crippen molar-refractivity contribution in [3.8, 4) is 0 Å². The Balaban J connectivity index is 2.24. The van der Waals surface area contributed by atoms with E-state index in [1.54, 1.807) is 48.5 Å². The molecule has 0 aromatic heterocycles. The van der Waals surface area contributed by atoms with Crippen molar-refractivity contribution in [2.24, 2.45) is 0 Å². The van der Waals surface area contributed by atoms with Crippen molar-refractivity contribution in [2.45, 2.75) is 6.54 Å². The van der Waals surface area contributed by atoms with Crippen LogP contribution in [-0.2, 0) is 16.1 Å². The minimum Gasteiger partial charge on any atom is -0.468 e. The van der Waals surface area contributed by atoms with Crippen LogP contribution in [0.25, 0.3) is 0 Å². The molecular formula is C17H15Cl2NO3. The molecule has 0 atom stereocenters. The summed E-state index contributed by atoms with van der Waals surface area (Å²) in [7, 11) is 1.28. The first-order chi connectivity index (χ1) is 11.0. The highest BCUT2D eigenvalue weighted by Gasteiger charge is 2.20. The second-order valence-corrected chi connectivity index (χ2v) is 5.75. The summed E-state index contributed by atoms with van der Waals surface area (Å²) in [5.41, 5.74) is 1.27. The van der Waals surface area contributed by atoms with Crippen LogP contribution in [-0.4, -0.2) is 30.4 Å². The highest BCUT2D eigenvalue weighted by Crippen LogP contribution is 2.16. The second kappa shape index (κ2) is 7.99. The van der Waals surface area contributed by atoms with Crippen molar-refractivity contribution >= 4 is 35.1 Å². The Morgan fingerprint density at radius 2 is 1.74 bits per heavy atom. The fourth-order valence-corrected chi connectivity index (χ4v) is 2.35. The molecule has 0 N–H and O–H groups in total.